The molecule has 0 aliphatic heterocycles. The third-order valence-corrected chi connectivity index (χ3v) is 3.53. The smallest absolute Gasteiger partial charge is 0.303 e. The van der Waals surface area contributed by atoms with Gasteiger partial charge in [0.25, 0.3) is 0 Å². The number of unbranched alkanes of at least 4 members (excludes halogenated alkanes) is 8. The summed E-state index contributed by atoms with van der Waals surface area (Å²) in [6, 6.07) is 0. The van der Waals surface area contributed by atoms with E-state index in [0.29, 0.717) is 6.42 Å². The lowest BCUT2D eigenvalue weighted by Crippen LogP contribution is -1.93. The van der Waals surface area contributed by atoms with Gasteiger partial charge in [0.2, 0.25) is 0 Å². The molecule has 0 aromatic carbocycles. The van der Waals surface area contributed by atoms with E-state index in [1.807, 2.05) is 0 Å². The van der Waals surface area contributed by atoms with Gasteiger partial charge in [0, 0.05) is 6.42 Å². The Morgan fingerprint density at radius 3 is 1.91 bits per heavy atom. The summed E-state index contributed by atoms with van der Waals surface area (Å²) < 4.78 is 0. The van der Waals surface area contributed by atoms with Crippen LogP contribution in [0.3, 0.4) is 0 Å². The highest BCUT2D eigenvalue weighted by atomic mass is 16.4. The molecule has 0 atom stereocenters. The molecular weight excluding hydrogens is 272 g/mol. The van der Waals surface area contributed by atoms with Gasteiger partial charge in [-0.3, -0.25) is 4.79 Å². The number of carboxylic acid groups (broad SMARTS) is 1. The lowest BCUT2D eigenvalue weighted by molar-refractivity contribution is -0.137. The summed E-state index contributed by atoms with van der Waals surface area (Å²) in [4.78, 5) is 10.3. The molecule has 0 radical (unpaired) electrons. The number of rotatable bonds is 15. The molecule has 0 aliphatic carbocycles. The van der Waals surface area contributed by atoms with E-state index >= 15 is 0 Å². The third-order valence-electron chi connectivity index (χ3n) is 3.53. The van der Waals surface area contributed by atoms with E-state index in [9.17, 15) is 4.79 Å². The fourth-order valence-electron chi connectivity index (χ4n) is 2.17. The molecule has 0 aromatic heterocycles. The zero-order valence-corrected chi connectivity index (χ0v) is 14.3. The molecule has 0 fully saturated rings. The first-order chi connectivity index (χ1) is 10.8. The van der Waals surface area contributed by atoms with Crippen molar-refractivity contribution >= 4 is 5.97 Å². The van der Waals surface area contributed by atoms with Crippen LogP contribution in [0.4, 0.5) is 0 Å². The highest BCUT2D eigenvalue weighted by Gasteiger charge is 1.94. The van der Waals surface area contributed by atoms with Crippen LogP contribution in [0.1, 0.15) is 84.0 Å². The van der Waals surface area contributed by atoms with Gasteiger partial charge in [0.1, 0.15) is 0 Å². The number of allylic oxidation sites excluding steroid dienone is 6. The molecule has 0 rings (SSSR count). The molecule has 0 spiro atoms. The van der Waals surface area contributed by atoms with Gasteiger partial charge in [-0.2, -0.15) is 0 Å². The Morgan fingerprint density at radius 2 is 1.27 bits per heavy atom. The van der Waals surface area contributed by atoms with E-state index in [2.05, 4.69) is 43.4 Å². The maximum absolute atomic E-state index is 10.3. The fourth-order valence-corrected chi connectivity index (χ4v) is 2.17. The van der Waals surface area contributed by atoms with Crippen molar-refractivity contribution in [3.63, 3.8) is 0 Å². The second-order valence-corrected chi connectivity index (χ2v) is 5.75. The highest BCUT2D eigenvalue weighted by Crippen LogP contribution is 2.05. The summed E-state index contributed by atoms with van der Waals surface area (Å²) >= 11 is 0. The summed E-state index contributed by atoms with van der Waals surface area (Å²) in [5.74, 6) is -0.686. The molecule has 2 nitrogen and oxygen atoms in total. The predicted molar refractivity (Wildman–Crippen MR) is 96.1 cm³/mol. The van der Waals surface area contributed by atoms with Crippen LogP contribution in [-0.2, 0) is 4.79 Å². The van der Waals surface area contributed by atoms with E-state index in [1.165, 1.54) is 38.5 Å². The Kier molecular flexibility index (Phi) is 16.7. The van der Waals surface area contributed by atoms with Crippen molar-refractivity contribution in [1.82, 2.24) is 0 Å². The Hall–Kier alpha value is -1.31. The summed E-state index contributed by atoms with van der Waals surface area (Å²) in [6.45, 7) is 2.24. The molecule has 0 aromatic rings. The van der Waals surface area contributed by atoms with Crippen LogP contribution in [0.2, 0.25) is 0 Å². The third kappa shape index (κ3) is 18.7. The molecule has 126 valence electrons. The van der Waals surface area contributed by atoms with Gasteiger partial charge in [-0.1, -0.05) is 62.6 Å². The Morgan fingerprint density at radius 1 is 0.727 bits per heavy atom. The van der Waals surface area contributed by atoms with Gasteiger partial charge in [0.15, 0.2) is 0 Å². The zero-order chi connectivity index (χ0) is 16.3. The Balaban J connectivity index is 3.29. The molecule has 0 saturated carbocycles. The van der Waals surface area contributed by atoms with Gasteiger partial charge in [-0.25, -0.2) is 0 Å². The van der Waals surface area contributed by atoms with Crippen LogP contribution in [0.5, 0.6) is 0 Å². The first-order valence-corrected chi connectivity index (χ1v) is 8.95. The quantitative estimate of drug-likeness (QED) is 0.215. The molecule has 0 bridgehead atoms. The summed E-state index contributed by atoms with van der Waals surface area (Å²) in [6.07, 6.45) is 26.3. The number of aliphatic carboxylic acids is 1. The topological polar surface area (TPSA) is 37.3 Å². The van der Waals surface area contributed by atoms with E-state index in [-0.39, 0.29) is 0 Å². The maximum Gasteiger partial charge on any atom is 0.303 e. The van der Waals surface area contributed by atoms with E-state index in [4.69, 9.17) is 5.11 Å². The molecule has 0 heterocycles. The average Bonchev–Trinajstić information content (AvgIpc) is 2.50. The predicted octanol–water partition coefficient (Wildman–Crippen LogP) is 6.44. The van der Waals surface area contributed by atoms with Gasteiger partial charge in [-0.15, -0.1) is 0 Å². The lowest BCUT2D eigenvalue weighted by atomic mass is 10.1. The molecule has 0 aliphatic rings. The van der Waals surface area contributed by atoms with Gasteiger partial charge < -0.3 is 5.11 Å². The van der Waals surface area contributed by atoms with Crippen LogP contribution in [0, 0.1) is 0 Å². The standard InChI is InChI=1S/C20H34O2/c1-2-3-4-5-6-7-8-9-10-11-12-13-14-15-16-17-18-19-20(21)22/h6-7,11-14H,2-5,8-10,15-19H2,1H3,(H,21,22). The largest absolute Gasteiger partial charge is 0.481 e. The van der Waals surface area contributed by atoms with Gasteiger partial charge >= 0.3 is 5.97 Å². The average molecular weight is 306 g/mol. The molecule has 2 heteroatoms. The van der Waals surface area contributed by atoms with Crippen LogP contribution in [-0.4, -0.2) is 11.1 Å². The zero-order valence-electron chi connectivity index (χ0n) is 14.3. The monoisotopic (exact) mass is 306 g/mol. The SMILES string of the molecule is CCCCCC=CCCCC=CC=CCCCCCC(=O)O. The molecule has 0 unspecified atom stereocenters. The molecule has 22 heavy (non-hydrogen) atoms. The van der Waals surface area contributed by atoms with Crippen molar-refractivity contribution in [3.05, 3.63) is 36.5 Å². The van der Waals surface area contributed by atoms with Crippen LogP contribution < -0.4 is 0 Å². The van der Waals surface area contributed by atoms with Crippen molar-refractivity contribution in [1.29, 1.82) is 0 Å². The first kappa shape index (κ1) is 20.7. The minimum Gasteiger partial charge on any atom is -0.481 e. The van der Waals surface area contributed by atoms with Crippen molar-refractivity contribution in [2.45, 2.75) is 84.0 Å². The van der Waals surface area contributed by atoms with E-state index in [1.54, 1.807) is 0 Å². The molecule has 1 N–H and O–H groups in total. The maximum atomic E-state index is 10.3. The molecule has 0 saturated heterocycles. The van der Waals surface area contributed by atoms with Crippen LogP contribution in [0.15, 0.2) is 36.5 Å². The lowest BCUT2D eigenvalue weighted by Gasteiger charge is -1.94. The van der Waals surface area contributed by atoms with Gasteiger partial charge in [0.05, 0.1) is 0 Å². The summed E-state index contributed by atoms with van der Waals surface area (Å²) in [7, 11) is 0. The number of carboxylic acids is 1. The first-order valence-electron chi connectivity index (χ1n) is 8.95. The second kappa shape index (κ2) is 17.7. The minimum atomic E-state index is -0.686. The molecule has 0 amide bonds. The Labute approximate surface area is 137 Å². The van der Waals surface area contributed by atoms with Crippen LogP contribution in [0.25, 0.3) is 0 Å². The van der Waals surface area contributed by atoms with Crippen LogP contribution >= 0.6 is 0 Å². The van der Waals surface area contributed by atoms with E-state index < -0.39 is 5.97 Å². The van der Waals surface area contributed by atoms with E-state index in [0.717, 1.165) is 32.1 Å². The second-order valence-electron chi connectivity index (χ2n) is 5.75. The van der Waals surface area contributed by atoms with Crippen molar-refractivity contribution in [2.24, 2.45) is 0 Å². The normalized spacial score (nSPS) is 12.0. The van der Waals surface area contributed by atoms with Crippen molar-refractivity contribution < 1.29 is 9.90 Å². The van der Waals surface area contributed by atoms with Gasteiger partial charge in [-0.05, 0) is 51.4 Å². The summed E-state index contributed by atoms with van der Waals surface area (Å²) in [5, 5.41) is 8.51. The number of carbonyl (C=O) groups is 1. The summed E-state index contributed by atoms with van der Waals surface area (Å²) in [5.41, 5.74) is 0. The Bertz CT molecular complexity index is 327. The minimum absolute atomic E-state index is 0.302. The fraction of sp³-hybridized carbons (Fsp3) is 0.650. The molecular formula is C20H34O2. The number of hydrogen-bond donors (Lipinski definition) is 1. The van der Waals surface area contributed by atoms with Crippen molar-refractivity contribution in [3.8, 4) is 0 Å². The highest BCUT2D eigenvalue weighted by molar-refractivity contribution is 5.66. The number of hydrogen-bond acceptors (Lipinski definition) is 1. The van der Waals surface area contributed by atoms with Crippen molar-refractivity contribution in [2.75, 3.05) is 0 Å².